The number of rotatable bonds is 3. The van der Waals surface area contributed by atoms with Gasteiger partial charge in [0.25, 0.3) is 5.91 Å². The molecular weight excluding hydrogens is 314 g/mol. The summed E-state index contributed by atoms with van der Waals surface area (Å²) < 4.78 is 0. The van der Waals surface area contributed by atoms with E-state index in [1.54, 1.807) is 0 Å². The molecule has 1 N–H and O–H groups in total. The van der Waals surface area contributed by atoms with Crippen LogP contribution in [0.3, 0.4) is 0 Å². The predicted octanol–water partition coefficient (Wildman–Crippen LogP) is 4.41. The number of carbonyl (C=O) groups is 1. The fourth-order valence-corrected chi connectivity index (χ4v) is 4.43. The van der Waals surface area contributed by atoms with E-state index in [0.717, 1.165) is 12.8 Å². The van der Waals surface area contributed by atoms with Gasteiger partial charge in [0, 0.05) is 22.9 Å². The molecule has 120 valence electrons. The SMILES string of the molecule is O=C(NCC1c2ccccc2CCc2sccc21)c1ccccc1. The summed E-state index contributed by atoms with van der Waals surface area (Å²) in [5.74, 6) is 0.228. The zero-order chi connectivity index (χ0) is 16.4. The summed E-state index contributed by atoms with van der Waals surface area (Å²) in [4.78, 5) is 13.9. The molecule has 2 aromatic carbocycles. The molecule has 0 bridgehead atoms. The van der Waals surface area contributed by atoms with Crippen LogP contribution in [0, 0.1) is 0 Å². The highest BCUT2D eigenvalue weighted by molar-refractivity contribution is 7.10. The molecule has 0 radical (unpaired) electrons. The summed E-state index contributed by atoms with van der Waals surface area (Å²) in [6.07, 6.45) is 2.17. The van der Waals surface area contributed by atoms with Gasteiger partial charge in [-0.1, -0.05) is 42.5 Å². The first-order valence-electron chi connectivity index (χ1n) is 8.30. The Balaban J connectivity index is 1.62. The van der Waals surface area contributed by atoms with Crippen LogP contribution in [0.5, 0.6) is 0 Å². The Morgan fingerprint density at radius 3 is 2.62 bits per heavy atom. The van der Waals surface area contributed by atoms with Gasteiger partial charge in [-0.2, -0.15) is 0 Å². The summed E-state index contributed by atoms with van der Waals surface area (Å²) in [6.45, 7) is 0.633. The maximum absolute atomic E-state index is 12.4. The first-order chi connectivity index (χ1) is 11.8. The molecule has 1 aromatic heterocycles. The molecular formula is C21H19NOS. The number of aryl methyl sites for hydroxylation is 2. The molecule has 0 fully saturated rings. The highest BCUT2D eigenvalue weighted by Gasteiger charge is 2.24. The molecule has 2 nitrogen and oxygen atoms in total. The zero-order valence-electron chi connectivity index (χ0n) is 13.4. The van der Waals surface area contributed by atoms with Gasteiger partial charge in [0.15, 0.2) is 0 Å². The van der Waals surface area contributed by atoms with Crippen LogP contribution < -0.4 is 5.32 Å². The summed E-state index contributed by atoms with van der Waals surface area (Å²) in [5.41, 5.74) is 4.84. The third kappa shape index (κ3) is 2.87. The quantitative estimate of drug-likeness (QED) is 0.756. The highest BCUT2D eigenvalue weighted by atomic mass is 32.1. The molecule has 0 spiro atoms. The molecule has 1 unspecified atom stereocenters. The number of thiophene rings is 1. The molecule has 1 heterocycles. The highest BCUT2D eigenvalue weighted by Crippen LogP contribution is 2.36. The fraction of sp³-hybridized carbons (Fsp3) is 0.190. The molecule has 0 saturated carbocycles. The lowest BCUT2D eigenvalue weighted by Gasteiger charge is -2.19. The van der Waals surface area contributed by atoms with Crippen LogP contribution in [0.15, 0.2) is 66.0 Å². The number of benzene rings is 2. The zero-order valence-corrected chi connectivity index (χ0v) is 14.2. The number of hydrogen-bond acceptors (Lipinski definition) is 2. The van der Waals surface area contributed by atoms with Crippen molar-refractivity contribution in [3.8, 4) is 0 Å². The molecule has 1 atom stereocenters. The second-order valence-corrected chi connectivity index (χ2v) is 7.13. The largest absolute Gasteiger partial charge is 0.351 e. The van der Waals surface area contributed by atoms with Crippen LogP contribution in [0.25, 0.3) is 0 Å². The van der Waals surface area contributed by atoms with E-state index in [2.05, 4.69) is 41.0 Å². The molecule has 24 heavy (non-hydrogen) atoms. The van der Waals surface area contributed by atoms with Crippen LogP contribution >= 0.6 is 11.3 Å². The Bertz CT molecular complexity index is 853. The summed E-state index contributed by atoms with van der Waals surface area (Å²) in [7, 11) is 0. The first kappa shape index (κ1) is 15.2. The summed E-state index contributed by atoms with van der Waals surface area (Å²) in [5, 5.41) is 5.30. The topological polar surface area (TPSA) is 29.1 Å². The second kappa shape index (κ2) is 6.62. The number of nitrogens with one attached hydrogen (secondary N) is 1. The molecule has 1 amide bonds. The van der Waals surface area contributed by atoms with Crippen molar-refractivity contribution in [3.05, 3.63) is 93.2 Å². The minimum atomic E-state index is -0.00546. The van der Waals surface area contributed by atoms with Gasteiger partial charge in [-0.15, -0.1) is 11.3 Å². The van der Waals surface area contributed by atoms with Crippen molar-refractivity contribution in [1.82, 2.24) is 5.32 Å². The number of carbonyl (C=O) groups excluding carboxylic acids is 1. The standard InChI is InChI=1S/C21H19NOS/c23-21(16-7-2-1-3-8-16)22-14-19-17-9-5-4-6-15(17)10-11-20-18(19)12-13-24-20/h1-9,12-13,19H,10-11,14H2,(H,22,23). The first-order valence-corrected chi connectivity index (χ1v) is 9.18. The maximum atomic E-state index is 12.4. The molecule has 3 heteroatoms. The van der Waals surface area contributed by atoms with Gasteiger partial charge in [-0.25, -0.2) is 0 Å². The van der Waals surface area contributed by atoms with E-state index in [4.69, 9.17) is 0 Å². The van der Waals surface area contributed by atoms with Crippen molar-refractivity contribution in [2.45, 2.75) is 18.8 Å². The lowest BCUT2D eigenvalue weighted by Crippen LogP contribution is -2.29. The number of amides is 1. The van der Waals surface area contributed by atoms with Crippen LogP contribution in [0.4, 0.5) is 0 Å². The molecule has 4 rings (SSSR count). The van der Waals surface area contributed by atoms with Crippen molar-refractivity contribution in [2.75, 3.05) is 6.54 Å². The van der Waals surface area contributed by atoms with Crippen molar-refractivity contribution in [3.63, 3.8) is 0 Å². The van der Waals surface area contributed by atoms with E-state index >= 15 is 0 Å². The van der Waals surface area contributed by atoms with Crippen LogP contribution in [0.1, 0.15) is 37.8 Å². The van der Waals surface area contributed by atoms with Crippen molar-refractivity contribution >= 4 is 17.2 Å². The Kier molecular flexibility index (Phi) is 4.18. The number of fused-ring (bicyclic) bond motifs is 2. The van der Waals surface area contributed by atoms with Crippen molar-refractivity contribution in [1.29, 1.82) is 0 Å². The molecule has 0 aliphatic heterocycles. The van der Waals surface area contributed by atoms with Crippen molar-refractivity contribution in [2.24, 2.45) is 0 Å². The molecule has 0 saturated heterocycles. The van der Waals surface area contributed by atoms with E-state index in [1.807, 2.05) is 41.7 Å². The van der Waals surface area contributed by atoms with E-state index in [9.17, 15) is 4.79 Å². The van der Waals surface area contributed by atoms with Crippen LogP contribution in [-0.4, -0.2) is 12.5 Å². The Morgan fingerprint density at radius 1 is 0.958 bits per heavy atom. The average Bonchev–Trinajstić information content (AvgIpc) is 3.04. The Hall–Kier alpha value is -2.39. The monoisotopic (exact) mass is 333 g/mol. The maximum Gasteiger partial charge on any atom is 0.251 e. The Labute approximate surface area is 146 Å². The van der Waals surface area contributed by atoms with E-state index in [1.165, 1.54) is 21.6 Å². The van der Waals surface area contributed by atoms with Gasteiger partial charge >= 0.3 is 0 Å². The second-order valence-electron chi connectivity index (χ2n) is 6.13. The smallest absolute Gasteiger partial charge is 0.251 e. The van der Waals surface area contributed by atoms with Gasteiger partial charge in [0.2, 0.25) is 0 Å². The van der Waals surface area contributed by atoms with Gasteiger partial charge in [0.1, 0.15) is 0 Å². The minimum Gasteiger partial charge on any atom is -0.351 e. The molecule has 3 aromatic rings. The van der Waals surface area contributed by atoms with Gasteiger partial charge in [0.05, 0.1) is 0 Å². The fourth-order valence-electron chi connectivity index (χ4n) is 3.49. The normalized spacial score (nSPS) is 15.9. The minimum absolute atomic E-state index is 0.00546. The third-order valence-electron chi connectivity index (χ3n) is 4.71. The Morgan fingerprint density at radius 2 is 1.75 bits per heavy atom. The molecule has 1 aliphatic rings. The van der Waals surface area contributed by atoms with Crippen molar-refractivity contribution < 1.29 is 4.79 Å². The van der Waals surface area contributed by atoms with Gasteiger partial charge < -0.3 is 5.32 Å². The van der Waals surface area contributed by atoms with E-state index in [0.29, 0.717) is 12.1 Å². The predicted molar refractivity (Wildman–Crippen MR) is 98.8 cm³/mol. The molecule has 1 aliphatic carbocycles. The van der Waals surface area contributed by atoms with E-state index in [-0.39, 0.29) is 11.8 Å². The lowest BCUT2D eigenvalue weighted by atomic mass is 9.90. The van der Waals surface area contributed by atoms with Gasteiger partial charge in [-0.3, -0.25) is 4.79 Å². The van der Waals surface area contributed by atoms with Crippen LogP contribution in [-0.2, 0) is 12.8 Å². The van der Waals surface area contributed by atoms with E-state index < -0.39 is 0 Å². The summed E-state index contributed by atoms with van der Waals surface area (Å²) >= 11 is 1.83. The third-order valence-corrected chi connectivity index (χ3v) is 5.71. The van der Waals surface area contributed by atoms with Gasteiger partial charge in [-0.05, 0) is 53.1 Å². The number of hydrogen-bond donors (Lipinski definition) is 1. The lowest BCUT2D eigenvalue weighted by molar-refractivity contribution is 0.0952. The summed E-state index contributed by atoms with van der Waals surface area (Å²) in [6, 6.07) is 20.3. The average molecular weight is 333 g/mol. The van der Waals surface area contributed by atoms with Crippen LogP contribution in [0.2, 0.25) is 0 Å².